The van der Waals surface area contributed by atoms with E-state index in [0.29, 0.717) is 11.8 Å². The Bertz CT molecular complexity index is 139. The summed E-state index contributed by atoms with van der Waals surface area (Å²) in [4.78, 5) is 0. The van der Waals surface area contributed by atoms with E-state index in [0.717, 1.165) is 19.3 Å². The summed E-state index contributed by atoms with van der Waals surface area (Å²) in [5.41, 5.74) is -0.0700. The van der Waals surface area contributed by atoms with E-state index < -0.39 is 0 Å². The summed E-state index contributed by atoms with van der Waals surface area (Å²) in [6.07, 6.45) is 3.20. The van der Waals surface area contributed by atoms with Crippen LogP contribution in [0.3, 0.4) is 0 Å². The number of aliphatic hydroxyl groups excluding tert-OH is 2. The largest absolute Gasteiger partial charge is 0.396 e. The van der Waals surface area contributed by atoms with Crippen molar-refractivity contribution in [2.45, 2.75) is 47.0 Å². The van der Waals surface area contributed by atoms with Crippen molar-refractivity contribution in [1.29, 1.82) is 0 Å². The number of aliphatic hydroxyl groups is 2. The van der Waals surface area contributed by atoms with Gasteiger partial charge in [-0.25, -0.2) is 0 Å². The second-order valence-corrected chi connectivity index (χ2v) is 4.89. The Morgan fingerprint density at radius 1 is 1.14 bits per heavy atom. The fourth-order valence-electron chi connectivity index (χ4n) is 2.23. The minimum atomic E-state index is -0.0700. The van der Waals surface area contributed by atoms with Gasteiger partial charge in [0.05, 0.1) is 0 Å². The van der Waals surface area contributed by atoms with Gasteiger partial charge in [0.2, 0.25) is 0 Å². The molecule has 0 rings (SSSR count). The third kappa shape index (κ3) is 3.58. The van der Waals surface area contributed by atoms with Crippen molar-refractivity contribution in [1.82, 2.24) is 0 Å². The van der Waals surface area contributed by atoms with Gasteiger partial charge < -0.3 is 10.2 Å². The van der Waals surface area contributed by atoms with Crippen molar-refractivity contribution in [3.8, 4) is 0 Å². The van der Waals surface area contributed by atoms with Crippen LogP contribution in [-0.2, 0) is 0 Å². The van der Waals surface area contributed by atoms with E-state index in [1.807, 2.05) is 0 Å². The second kappa shape index (κ2) is 6.41. The maximum Gasteiger partial charge on any atom is 0.0484 e. The van der Waals surface area contributed by atoms with Gasteiger partial charge in [-0.05, 0) is 23.7 Å². The zero-order chi connectivity index (χ0) is 11.2. The van der Waals surface area contributed by atoms with Gasteiger partial charge in [-0.3, -0.25) is 0 Å². The first kappa shape index (κ1) is 13.9. The molecule has 0 saturated carbocycles. The monoisotopic (exact) mass is 202 g/mol. The molecule has 2 atom stereocenters. The predicted octanol–water partition coefficient (Wildman–Crippen LogP) is 2.44. The molecule has 2 N–H and O–H groups in total. The highest BCUT2D eigenvalue weighted by Crippen LogP contribution is 2.37. The minimum absolute atomic E-state index is 0.0700. The van der Waals surface area contributed by atoms with Crippen molar-refractivity contribution in [2.75, 3.05) is 13.2 Å². The molecule has 2 heteroatoms. The van der Waals surface area contributed by atoms with Gasteiger partial charge in [0.1, 0.15) is 0 Å². The van der Waals surface area contributed by atoms with Gasteiger partial charge in [0.15, 0.2) is 0 Å². The van der Waals surface area contributed by atoms with E-state index in [1.165, 1.54) is 0 Å². The first-order valence-corrected chi connectivity index (χ1v) is 5.75. The first-order chi connectivity index (χ1) is 6.53. The number of hydrogen-bond donors (Lipinski definition) is 2. The Kier molecular flexibility index (Phi) is 6.38. The van der Waals surface area contributed by atoms with Gasteiger partial charge >= 0.3 is 0 Å². The van der Waals surface area contributed by atoms with Gasteiger partial charge in [-0.1, -0.05) is 40.5 Å². The van der Waals surface area contributed by atoms with Crippen molar-refractivity contribution >= 4 is 0 Å². The van der Waals surface area contributed by atoms with Crippen molar-refractivity contribution < 1.29 is 10.2 Å². The van der Waals surface area contributed by atoms with E-state index in [-0.39, 0.29) is 18.6 Å². The summed E-state index contributed by atoms with van der Waals surface area (Å²) >= 11 is 0. The molecule has 0 aliphatic rings. The molecule has 86 valence electrons. The lowest BCUT2D eigenvalue weighted by Crippen LogP contribution is -2.35. The van der Waals surface area contributed by atoms with Crippen molar-refractivity contribution in [3.63, 3.8) is 0 Å². The lowest BCUT2D eigenvalue weighted by atomic mass is 9.69. The molecule has 0 bridgehead atoms. The van der Waals surface area contributed by atoms with Gasteiger partial charge in [0.25, 0.3) is 0 Å². The number of rotatable bonds is 7. The average Bonchev–Trinajstić information content (AvgIpc) is 2.18. The van der Waals surface area contributed by atoms with Crippen molar-refractivity contribution in [3.05, 3.63) is 0 Å². The lowest BCUT2D eigenvalue weighted by molar-refractivity contribution is 0.0301. The molecular weight excluding hydrogens is 176 g/mol. The molecule has 0 saturated heterocycles. The zero-order valence-electron chi connectivity index (χ0n) is 10.1. The summed E-state index contributed by atoms with van der Waals surface area (Å²) in [6.45, 7) is 8.89. The quantitative estimate of drug-likeness (QED) is 0.665. The number of hydrogen-bond acceptors (Lipinski definition) is 2. The second-order valence-electron chi connectivity index (χ2n) is 4.89. The molecule has 2 nitrogen and oxygen atoms in total. The summed E-state index contributed by atoms with van der Waals surface area (Å²) in [6, 6.07) is 0. The maximum absolute atomic E-state index is 9.35. The third-order valence-corrected chi connectivity index (χ3v) is 3.34. The molecule has 0 amide bonds. The van der Waals surface area contributed by atoms with Gasteiger partial charge in [-0.2, -0.15) is 0 Å². The summed E-state index contributed by atoms with van der Waals surface area (Å²) in [7, 11) is 0. The van der Waals surface area contributed by atoms with Gasteiger partial charge in [-0.15, -0.1) is 0 Å². The summed E-state index contributed by atoms with van der Waals surface area (Å²) in [5.74, 6) is 0.754. The minimum Gasteiger partial charge on any atom is -0.396 e. The van der Waals surface area contributed by atoms with Crippen LogP contribution in [-0.4, -0.2) is 23.4 Å². The molecule has 0 aliphatic heterocycles. The van der Waals surface area contributed by atoms with Crippen LogP contribution in [0.1, 0.15) is 47.0 Å². The Morgan fingerprint density at radius 2 is 1.71 bits per heavy atom. The smallest absolute Gasteiger partial charge is 0.0484 e. The highest BCUT2D eigenvalue weighted by molar-refractivity contribution is 4.82. The molecule has 0 spiro atoms. The topological polar surface area (TPSA) is 40.5 Å². The van der Waals surface area contributed by atoms with E-state index in [2.05, 4.69) is 27.7 Å². The molecule has 14 heavy (non-hydrogen) atoms. The van der Waals surface area contributed by atoms with Gasteiger partial charge in [0, 0.05) is 13.2 Å². The summed E-state index contributed by atoms with van der Waals surface area (Å²) in [5, 5.41) is 18.6. The maximum atomic E-state index is 9.35. The summed E-state index contributed by atoms with van der Waals surface area (Å²) < 4.78 is 0. The molecule has 0 radical (unpaired) electrons. The van der Waals surface area contributed by atoms with Crippen LogP contribution in [0.25, 0.3) is 0 Å². The molecule has 2 unspecified atom stereocenters. The molecule has 0 aromatic carbocycles. The Labute approximate surface area is 88.3 Å². The fraction of sp³-hybridized carbons (Fsp3) is 1.00. The Morgan fingerprint density at radius 3 is 2.00 bits per heavy atom. The van der Waals surface area contributed by atoms with Crippen LogP contribution in [0.2, 0.25) is 0 Å². The highest BCUT2D eigenvalue weighted by atomic mass is 16.3. The SMILES string of the molecule is CCCC(C(CC)CO)C(C)(C)CO. The van der Waals surface area contributed by atoms with Crippen LogP contribution in [0.5, 0.6) is 0 Å². The standard InChI is InChI=1S/C12H26O2/c1-5-7-11(10(6-2)8-13)12(3,4)9-14/h10-11,13-14H,5-9H2,1-4H3. The molecular formula is C12H26O2. The zero-order valence-corrected chi connectivity index (χ0v) is 10.1. The highest BCUT2D eigenvalue weighted by Gasteiger charge is 2.33. The molecule has 0 heterocycles. The molecule has 0 aromatic rings. The molecule has 0 fully saturated rings. The first-order valence-electron chi connectivity index (χ1n) is 5.75. The van der Waals surface area contributed by atoms with E-state index in [9.17, 15) is 10.2 Å². The lowest BCUT2D eigenvalue weighted by Gasteiger charge is -2.37. The Balaban J connectivity index is 4.55. The van der Waals surface area contributed by atoms with E-state index >= 15 is 0 Å². The van der Waals surface area contributed by atoms with Crippen LogP contribution >= 0.6 is 0 Å². The Hall–Kier alpha value is -0.0800. The normalized spacial score (nSPS) is 16.7. The van der Waals surface area contributed by atoms with Crippen LogP contribution < -0.4 is 0 Å². The average molecular weight is 202 g/mol. The molecule has 0 aliphatic carbocycles. The third-order valence-electron chi connectivity index (χ3n) is 3.34. The van der Waals surface area contributed by atoms with E-state index in [4.69, 9.17) is 0 Å². The van der Waals surface area contributed by atoms with Crippen LogP contribution in [0.15, 0.2) is 0 Å². The fourth-order valence-corrected chi connectivity index (χ4v) is 2.23. The van der Waals surface area contributed by atoms with Crippen LogP contribution in [0, 0.1) is 17.3 Å². The van der Waals surface area contributed by atoms with Crippen LogP contribution in [0.4, 0.5) is 0 Å². The van der Waals surface area contributed by atoms with E-state index in [1.54, 1.807) is 0 Å². The molecule has 0 aromatic heterocycles. The predicted molar refractivity (Wildman–Crippen MR) is 60.1 cm³/mol. The van der Waals surface area contributed by atoms with Crippen molar-refractivity contribution in [2.24, 2.45) is 17.3 Å².